The number of methoxy groups -OCH3 is 3. The zero-order chi connectivity index (χ0) is 16.2. The SMILES string of the molecule is COCc1ccc(OC)c(OC)c1C1(C(=O)O)CCCCC1. The lowest BCUT2D eigenvalue weighted by atomic mass is 9.67. The van der Waals surface area contributed by atoms with Crippen LogP contribution in [0.5, 0.6) is 11.5 Å². The lowest BCUT2D eigenvalue weighted by Gasteiger charge is -2.36. The molecule has 1 fully saturated rings. The van der Waals surface area contributed by atoms with Gasteiger partial charge in [0.25, 0.3) is 0 Å². The summed E-state index contributed by atoms with van der Waals surface area (Å²) in [5.41, 5.74) is 0.638. The van der Waals surface area contributed by atoms with E-state index in [1.807, 2.05) is 6.07 Å². The Kier molecular flexibility index (Phi) is 5.29. The van der Waals surface area contributed by atoms with E-state index in [0.717, 1.165) is 24.8 Å². The summed E-state index contributed by atoms with van der Waals surface area (Å²) in [6, 6.07) is 3.68. The van der Waals surface area contributed by atoms with Crippen LogP contribution in [-0.2, 0) is 21.6 Å². The molecular formula is C17H24O5. The van der Waals surface area contributed by atoms with E-state index in [0.29, 0.717) is 36.5 Å². The minimum atomic E-state index is -0.925. The lowest BCUT2D eigenvalue weighted by molar-refractivity contribution is -0.145. The molecule has 1 N–H and O–H groups in total. The van der Waals surface area contributed by atoms with Crippen molar-refractivity contribution in [3.63, 3.8) is 0 Å². The first-order valence-electron chi connectivity index (χ1n) is 7.57. The number of hydrogen-bond acceptors (Lipinski definition) is 4. The molecule has 0 amide bonds. The van der Waals surface area contributed by atoms with Crippen LogP contribution in [0.2, 0.25) is 0 Å². The molecule has 122 valence electrons. The molecule has 2 rings (SSSR count). The first-order valence-corrected chi connectivity index (χ1v) is 7.57. The first-order chi connectivity index (χ1) is 10.6. The summed E-state index contributed by atoms with van der Waals surface area (Å²) in [6.45, 7) is 0.352. The molecule has 1 aromatic carbocycles. The fourth-order valence-corrected chi connectivity index (χ4v) is 3.49. The van der Waals surface area contributed by atoms with Crippen molar-refractivity contribution in [3.05, 3.63) is 23.3 Å². The number of carboxylic acid groups (broad SMARTS) is 1. The quantitative estimate of drug-likeness (QED) is 0.874. The third kappa shape index (κ3) is 2.77. The van der Waals surface area contributed by atoms with Crippen molar-refractivity contribution >= 4 is 5.97 Å². The Morgan fingerprint density at radius 1 is 1.14 bits per heavy atom. The first kappa shape index (κ1) is 16.6. The van der Waals surface area contributed by atoms with E-state index in [1.54, 1.807) is 27.4 Å². The van der Waals surface area contributed by atoms with E-state index in [-0.39, 0.29) is 0 Å². The molecule has 0 aliphatic heterocycles. The lowest BCUT2D eigenvalue weighted by Crippen LogP contribution is -2.39. The topological polar surface area (TPSA) is 65.0 Å². The Labute approximate surface area is 131 Å². The predicted molar refractivity (Wildman–Crippen MR) is 82.7 cm³/mol. The van der Waals surface area contributed by atoms with Crippen LogP contribution in [0.4, 0.5) is 0 Å². The van der Waals surface area contributed by atoms with Crippen molar-refractivity contribution in [1.82, 2.24) is 0 Å². The van der Waals surface area contributed by atoms with Crippen molar-refractivity contribution in [2.45, 2.75) is 44.1 Å². The van der Waals surface area contributed by atoms with Crippen LogP contribution in [0.3, 0.4) is 0 Å². The van der Waals surface area contributed by atoms with Crippen LogP contribution < -0.4 is 9.47 Å². The second-order valence-corrected chi connectivity index (χ2v) is 5.72. The fraction of sp³-hybridized carbons (Fsp3) is 0.588. The molecule has 1 aromatic rings. The standard InChI is InChI=1S/C17H24O5/c1-20-11-12-7-8-13(21-2)15(22-3)14(12)17(16(18)19)9-5-4-6-10-17/h7-8H,4-6,9-11H2,1-3H3,(H,18,19). The highest BCUT2D eigenvalue weighted by Crippen LogP contribution is 2.48. The van der Waals surface area contributed by atoms with Gasteiger partial charge in [0.2, 0.25) is 0 Å². The molecule has 1 aliphatic rings. The maximum Gasteiger partial charge on any atom is 0.314 e. The third-order valence-corrected chi connectivity index (χ3v) is 4.53. The van der Waals surface area contributed by atoms with E-state index in [2.05, 4.69) is 0 Å². The number of hydrogen-bond donors (Lipinski definition) is 1. The van der Waals surface area contributed by atoms with Gasteiger partial charge in [0.05, 0.1) is 26.2 Å². The summed E-state index contributed by atoms with van der Waals surface area (Å²) in [6.07, 6.45) is 4.10. The zero-order valence-corrected chi connectivity index (χ0v) is 13.5. The van der Waals surface area contributed by atoms with Gasteiger partial charge < -0.3 is 19.3 Å². The predicted octanol–water partition coefficient (Wildman–Crippen LogP) is 3.14. The molecule has 0 radical (unpaired) electrons. The summed E-state index contributed by atoms with van der Waals surface area (Å²) in [5, 5.41) is 9.98. The molecule has 0 unspecified atom stereocenters. The minimum absolute atomic E-state index is 0.352. The van der Waals surface area contributed by atoms with E-state index >= 15 is 0 Å². The highest BCUT2D eigenvalue weighted by atomic mass is 16.5. The Hall–Kier alpha value is -1.75. The molecule has 0 bridgehead atoms. The van der Waals surface area contributed by atoms with Crippen LogP contribution in [-0.4, -0.2) is 32.4 Å². The zero-order valence-electron chi connectivity index (χ0n) is 13.5. The van der Waals surface area contributed by atoms with Gasteiger partial charge in [-0.15, -0.1) is 0 Å². The maximum absolute atomic E-state index is 12.2. The number of ether oxygens (including phenoxy) is 3. The van der Waals surface area contributed by atoms with Crippen LogP contribution >= 0.6 is 0 Å². The largest absolute Gasteiger partial charge is 0.493 e. The maximum atomic E-state index is 12.2. The third-order valence-electron chi connectivity index (χ3n) is 4.53. The van der Waals surface area contributed by atoms with Gasteiger partial charge in [-0.2, -0.15) is 0 Å². The minimum Gasteiger partial charge on any atom is -0.493 e. The Balaban J connectivity index is 2.69. The van der Waals surface area contributed by atoms with Crippen LogP contribution in [0, 0.1) is 0 Å². The van der Waals surface area contributed by atoms with Gasteiger partial charge in [0, 0.05) is 12.7 Å². The van der Waals surface area contributed by atoms with Crippen LogP contribution in [0.15, 0.2) is 12.1 Å². The van der Waals surface area contributed by atoms with E-state index in [4.69, 9.17) is 14.2 Å². The molecule has 0 spiro atoms. The molecule has 0 heterocycles. The Morgan fingerprint density at radius 3 is 2.32 bits per heavy atom. The fourth-order valence-electron chi connectivity index (χ4n) is 3.49. The second kappa shape index (κ2) is 7.01. The number of carboxylic acids is 1. The normalized spacial score (nSPS) is 17.0. The van der Waals surface area contributed by atoms with Gasteiger partial charge >= 0.3 is 5.97 Å². The summed E-state index contributed by atoms with van der Waals surface area (Å²) < 4.78 is 16.2. The molecule has 0 aromatic heterocycles. The number of benzene rings is 1. The van der Waals surface area contributed by atoms with Gasteiger partial charge in [-0.1, -0.05) is 25.3 Å². The van der Waals surface area contributed by atoms with E-state index < -0.39 is 11.4 Å². The average molecular weight is 308 g/mol. The Morgan fingerprint density at radius 2 is 1.82 bits per heavy atom. The monoisotopic (exact) mass is 308 g/mol. The number of aliphatic carboxylic acids is 1. The van der Waals surface area contributed by atoms with Gasteiger partial charge in [0.15, 0.2) is 11.5 Å². The van der Waals surface area contributed by atoms with Gasteiger partial charge in [0.1, 0.15) is 0 Å². The number of rotatable bonds is 6. The van der Waals surface area contributed by atoms with Crippen molar-refractivity contribution in [1.29, 1.82) is 0 Å². The highest BCUT2D eigenvalue weighted by molar-refractivity contribution is 5.84. The molecule has 5 heteroatoms. The molecule has 5 nitrogen and oxygen atoms in total. The molecule has 22 heavy (non-hydrogen) atoms. The smallest absolute Gasteiger partial charge is 0.314 e. The number of carbonyl (C=O) groups is 1. The summed E-state index contributed by atoms with van der Waals surface area (Å²) >= 11 is 0. The summed E-state index contributed by atoms with van der Waals surface area (Å²) in [4.78, 5) is 12.2. The summed E-state index contributed by atoms with van der Waals surface area (Å²) in [7, 11) is 4.72. The average Bonchev–Trinajstić information content (AvgIpc) is 2.55. The van der Waals surface area contributed by atoms with Crippen molar-refractivity contribution < 1.29 is 24.1 Å². The highest BCUT2D eigenvalue weighted by Gasteiger charge is 2.45. The molecule has 1 aliphatic carbocycles. The van der Waals surface area contributed by atoms with Gasteiger partial charge in [-0.3, -0.25) is 4.79 Å². The van der Waals surface area contributed by atoms with Gasteiger partial charge in [-0.25, -0.2) is 0 Å². The van der Waals surface area contributed by atoms with E-state index in [1.165, 1.54) is 0 Å². The van der Waals surface area contributed by atoms with E-state index in [9.17, 15) is 9.90 Å². The van der Waals surface area contributed by atoms with Crippen molar-refractivity contribution in [2.24, 2.45) is 0 Å². The second-order valence-electron chi connectivity index (χ2n) is 5.72. The molecule has 1 saturated carbocycles. The Bertz CT molecular complexity index is 532. The van der Waals surface area contributed by atoms with Gasteiger partial charge in [-0.05, 0) is 24.5 Å². The van der Waals surface area contributed by atoms with Crippen molar-refractivity contribution in [3.8, 4) is 11.5 Å². The molecule has 0 saturated heterocycles. The summed E-state index contributed by atoms with van der Waals surface area (Å²) in [5.74, 6) is 0.279. The molecular weight excluding hydrogens is 284 g/mol. The van der Waals surface area contributed by atoms with Crippen LogP contribution in [0.1, 0.15) is 43.2 Å². The molecule has 0 atom stereocenters. The van der Waals surface area contributed by atoms with Crippen LogP contribution in [0.25, 0.3) is 0 Å². The van der Waals surface area contributed by atoms with Crippen molar-refractivity contribution in [2.75, 3.05) is 21.3 Å².